The van der Waals surface area contributed by atoms with E-state index in [4.69, 9.17) is 4.74 Å². The van der Waals surface area contributed by atoms with Crippen LogP contribution in [0, 0.1) is 0 Å². The molecule has 38 valence electrons. The maximum absolute atomic E-state index is 4.85. The van der Waals surface area contributed by atoms with Crippen LogP contribution in [0.4, 0.5) is 0 Å². The van der Waals surface area contributed by atoms with Crippen LogP contribution in [0.5, 0.6) is 0 Å². The largest absolute Gasteiger partial charge is 0.369 e. The molecule has 0 aromatic heterocycles. The minimum absolute atomic E-state index is 0.638. The van der Waals surface area contributed by atoms with Gasteiger partial charge in [-0.3, -0.25) is 0 Å². The fourth-order valence-corrected chi connectivity index (χ4v) is 0.567. The first-order chi connectivity index (χ1) is 2.91. The van der Waals surface area contributed by atoms with Crippen molar-refractivity contribution in [3.8, 4) is 0 Å². The van der Waals surface area contributed by atoms with Gasteiger partial charge in [0.2, 0.25) is 0 Å². The number of hydrogen-bond acceptors (Lipinski definition) is 1. The summed E-state index contributed by atoms with van der Waals surface area (Å²) in [5.74, 6) is 0. The van der Waals surface area contributed by atoms with Crippen LogP contribution < -0.4 is 0 Å². The lowest BCUT2D eigenvalue weighted by Crippen LogP contribution is -1.89. The second-order valence-electron chi connectivity index (χ2n) is 0.706. The molecule has 0 spiro atoms. The van der Waals surface area contributed by atoms with E-state index >= 15 is 0 Å². The Morgan fingerprint density at radius 3 is 2.17 bits per heavy atom. The molecule has 0 aliphatic heterocycles. The van der Waals surface area contributed by atoms with Gasteiger partial charge in [-0.15, -0.1) is 0 Å². The first-order valence-corrected chi connectivity index (χ1v) is 3.85. The molecule has 0 aliphatic rings. The zero-order chi connectivity index (χ0) is 4.83. The highest BCUT2D eigenvalue weighted by atomic mass is 79.9. The van der Waals surface area contributed by atoms with E-state index < -0.39 is 0 Å². The van der Waals surface area contributed by atoms with E-state index in [-0.39, 0.29) is 0 Å². The molecule has 1 nitrogen and oxygen atoms in total. The van der Waals surface area contributed by atoms with Crippen molar-refractivity contribution in [3.05, 3.63) is 0 Å². The topological polar surface area (TPSA) is 9.23 Å². The van der Waals surface area contributed by atoms with Crippen LogP contribution in [-0.2, 0) is 4.74 Å². The Morgan fingerprint density at radius 2 is 2.00 bits per heavy atom. The molecule has 0 aromatic rings. The van der Waals surface area contributed by atoms with Crippen molar-refractivity contribution in [1.82, 2.24) is 0 Å². The summed E-state index contributed by atoms with van der Waals surface area (Å²) < 4.78 is 4.85. The molecular formula is C3H6Br2O. The average molecular weight is 218 g/mol. The molecule has 6 heavy (non-hydrogen) atoms. The smallest absolute Gasteiger partial charge is 0.102 e. The lowest BCUT2D eigenvalue weighted by atomic mass is 10.9. The monoisotopic (exact) mass is 216 g/mol. The minimum Gasteiger partial charge on any atom is -0.369 e. The van der Waals surface area contributed by atoms with Crippen molar-refractivity contribution in [2.75, 3.05) is 17.5 Å². The molecular weight excluding hydrogens is 212 g/mol. The molecule has 0 amide bonds. The normalized spacial score (nSPS) is 9.00. The second-order valence-corrected chi connectivity index (χ2v) is 1.96. The molecule has 0 saturated carbocycles. The van der Waals surface area contributed by atoms with Gasteiger partial charge in [0.15, 0.2) is 0 Å². The standard InChI is InChI=1S/C3H6Br2O/c4-1-2-6-3-5/h1-3H2. The van der Waals surface area contributed by atoms with E-state index in [0.29, 0.717) is 5.52 Å². The van der Waals surface area contributed by atoms with Crippen LogP contribution in [0.25, 0.3) is 0 Å². The minimum atomic E-state index is 0.638. The summed E-state index contributed by atoms with van der Waals surface area (Å²) in [5, 5.41) is 0.915. The molecule has 0 fully saturated rings. The lowest BCUT2D eigenvalue weighted by Gasteiger charge is -1.89. The summed E-state index contributed by atoms with van der Waals surface area (Å²) >= 11 is 6.31. The number of hydrogen-bond donors (Lipinski definition) is 0. The van der Waals surface area contributed by atoms with E-state index in [1.807, 2.05) is 0 Å². The highest BCUT2D eigenvalue weighted by Crippen LogP contribution is 1.84. The molecule has 0 bridgehead atoms. The molecule has 0 N–H and O–H groups in total. The summed E-state index contributed by atoms with van der Waals surface area (Å²) in [6, 6.07) is 0. The molecule has 0 radical (unpaired) electrons. The van der Waals surface area contributed by atoms with Gasteiger partial charge in [0, 0.05) is 5.33 Å². The Labute approximate surface area is 54.3 Å². The summed E-state index contributed by atoms with van der Waals surface area (Å²) in [7, 11) is 0. The van der Waals surface area contributed by atoms with Crippen molar-refractivity contribution in [1.29, 1.82) is 0 Å². The van der Waals surface area contributed by atoms with E-state index in [1.165, 1.54) is 0 Å². The van der Waals surface area contributed by atoms with Gasteiger partial charge in [-0.1, -0.05) is 31.9 Å². The van der Waals surface area contributed by atoms with Crippen molar-refractivity contribution in [2.45, 2.75) is 0 Å². The molecule has 0 aliphatic carbocycles. The van der Waals surface area contributed by atoms with Crippen LogP contribution in [0.1, 0.15) is 0 Å². The van der Waals surface area contributed by atoms with Gasteiger partial charge in [-0.2, -0.15) is 0 Å². The highest BCUT2D eigenvalue weighted by Gasteiger charge is 1.75. The maximum Gasteiger partial charge on any atom is 0.102 e. The summed E-state index contributed by atoms with van der Waals surface area (Å²) in [6.07, 6.45) is 0. The van der Waals surface area contributed by atoms with E-state index in [1.54, 1.807) is 0 Å². The van der Waals surface area contributed by atoms with Crippen LogP contribution in [-0.4, -0.2) is 17.5 Å². The molecule has 3 heteroatoms. The lowest BCUT2D eigenvalue weighted by molar-refractivity contribution is 0.206. The van der Waals surface area contributed by atoms with Gasteiger partial charge < -0.3 is 4.74 Å². The predicted molar refractivity (Wildman–Crippen MR) is 33.5 cm³/mol. The van der Waals surface area contributed by atoms with Gasteiger partial charge in [0.1, 0.15) is 5.52 Å². The number of halogens is 2. The molecule has 0 aromatic carbocycles. The third kappa shape index (κ3) is 4.92. The Morgan fingerprint density at radius 1 is 1.33 bits per heavy atom. The van der Waals surface area contributed by atoms with Gasteiger partial charge >= 0.3 is 0 Å². The molecule has 0 atom stereocenters. The summed E-state index contributed by atoms with van der Waals surface area (Å²) in [4.78, 5) is 0. The van der Waals surface area contributed by atoms with Crippen LogP contribution in [0.3, 0.4) is 0 Å². The van der Waals surface area contributed by atoms with Crippen molar-refractivity contribution < 1.29 is 4.74 Å². The quantitative estimate of drug-likeness (QED) is 0.517. The number of ether oxygens (including phenoxy) is 1. The Bertz CT molecular complexity index is 20.8. The van der Waals surface area contributed by atoms with E-state index in [9.17, 15) is 0 Å². The van der Waals surface area contributed by atoms with Gasteiger partial charge in [0.25, 0.3) is 0 Å². The fourth-order valence-electron chi connectivity index (χ4n) is 0.109. The van der Waals surface area contributed by atoms with Crippen LogP contribution >= 0.6 is 31.9 Å². The van der Waals surface area contributed by atoms with Crippen molar-refractivity contribution in [3.63, 3.8) is 0 Å². The number of rotatable bonds is 3. The summed E-state index contributed by atoms with van der Waals surface area (Å²) in [6.45, 7) is 0.783. The van der Waals surface area contributed by atoms with Gasteiger partial charge in [-0.25, -0.2) is 0 Å². The number of alkyl halides is 2. The Kier molecular flexibility index (Phi) is 6.83. The Balaban J connectivity index is 2.34. The third-order valence-electron chi connectivity index (χ3n) is 0.299. The molecule has 0 rings (SSSR count). The van der Waals surface area contributed by atoms with Gasteiger partial charge in [0.05, 0.1) is 6.61 Å². The zero-order valence-corrected chi connectivity index (χ0v) is 6.46. The third-order valence-corrected chi connectivity index (χ3v) is 0.946. The average Bonchev–Trinajstić information content (AvgIpc) is 1.61. The maximum atomic E-state index is 4.85. The highest BCUT2D eigenvalue weighted by molar-refractivity contribution is 9.09. The fraction of sp³-hybridized carbons (Fsp3) is 1.00. The van der Waals surface area contributed by atoms with Gasteiger partial charge in [-0.05, 0) is 0 Å². The van der Waals surface area contributed by atoms with Crippen LogP contribution in [0.2, 0.25) is 0 Å². The predicted octanol–water partition coefficient (Wildman–Crippen LogP) is 1.75. The van der Waals surface area contributed by atoms with Crippen molar-refractivity contribution in [2.24, 2.45) is 0 Å². The first kappa shape index (κ1) is 6.92. The summed E-state index contributed by atoms with van der Waals surface area (Å²) in [5.41, 5.74) is 0.638. The molecule has 0 saturated heterocycles. The molecule has 0 unspecified atom stereocenters. The SMILES string of the molecule is BrCCOCBr. The zero-order valence-electron chi connectivity index (χ0n) is 3.29. The van der Waals surface area contributed by atoms with E-state index in [0.717, 1.165) is 11.9 Å². The molecule has 0 heterocycles. The van der Waals surface area contributed by atoms with Crippen LogP contribution in [0.15, 0.2) is 0 Å². The van der Waals surface area contributed by atoms with E-state index in [2.05, 4.69) is 31.9 Å². The Hall–Kier alpha value is 0.920. The van der Waals surface area contributed by atoms with Crippen molar-refractivity contribution >= 4 is 31.9 Å². The first-order valence-electron chi connectivity index (χ1n) is 1.61. The second kappa shape index (κ2) is 5.92.